The molecule has 0 aliphatic rings. The minimum atomic E-state index is 0.777. The van der Waals surface area contributed by atoms with Crippen molar-refractivity contribution >= 4 is 35.0 Å². The van der Waals surface area contributed by atoms with Crippen molar-refractivity contribution in [3.63, 3.8) is 0 Å². The highest BCUT2D eigenvalue weighted by Crippen LogP contribution is 2.29. The standard InChI is InChI=1S/C17H19Cl2NS/c1-2-9-20-11-14-10-16(19)7-8-17(14)21-12-13-3-5-15(18)6-4-13/h3-8,10,20H,2,9,11-12H2,1H3. The van der Waals surface area contributed by atoms with Crippen molar-refractivity contribution in [1.82, 2.24) is 5.32 Å². The number of thioether (sulfide) groups is 1. The van der Waals surface area contributed by atoms with E-state index in [0.29, 0.717) is 0 Å². The van der Waals surface area contributed by atoms with E-state index in [4.69, 9.17) is 23.2 Å². The molecule has 1 N–H and O–H groups in total. The molecule has 0 saturated heterocycles. The average molecular weight is 340 g/mol. The van der Waals surface area contributed by atoms with E-state index in [2.05, 4.69) is 36.5 Å². The van der Waals surface area contributed by atoms with Crippen LogP contribution in [0.5, 0.6) is 0 Å². The first-order chi connectivity index (χ1) is 10.2. The van der Waals surface area contributed by atoms with Crippen LogP contribution in [-0.4, -0.2) is 6.54 Å². The van der Waals surface area contributed by atoms with Crippen LogP contribution in [0.3, 0.4) is 0 Å². The number of halogens is 2. The van der Waals surface area contributed by atoms with Gasteiger partial charge in [-0.05, 0) is 54.4 Å². The van der Waals surface area contributed by atoms with Crippen LogP contribution in [0.2, 0.25) is 10.0 Å². The second-order valence-electron chi connectivity index (χ2n) is 4.84. The van der Waals surface area contributed by atoms with Gasteiger partial charge in [0.15, 0.2) is 0 Å². The largest absolute Gasteiger partial charge is 0.313 e. The number of hydrogen-bond donors (Lipinski definition) is 1. The van der Waals surface area contributed by atoms with Crippen molar-refractivity contribution in [2.45, 2.75) is 30.5 Å². The molecular weight excluding hydrogens is 321 g/mol. The monoisotopic (exact) mass is 339 g/mol. The third-order valence-electron chi connectivity index (χ3n) is 3.07. The van der Waals surface area contributed by atoms with E-state index in [0.717, 1.165) is 35.3 Å². The molecule has 2 aromatic rings. The Bertz CT molecular complexity index is 570. The summed E-state index contributed by atoms with van der Waals surface area (Å²) in [6.07, 6.45) is 1.13. The van der Waals surface area contributed by atoms with Gasteiger partial charge in [0.25, 0.3) is 0 Å². The fourth-order valence-electron chi connectivity index (χ4n) is 1.97. The van der Waals surface area contributed by atoms with E-state index in [-0.39, 0.29) is 0 Å². The van der Waals surface area contributed by atoms with E-state index in [1.807, 2.05) is 30.0 Å². The number of benzene rings is 2. The molecule has 0 amide bonds. The molecule has 21 heavy (non-hydrogen) atoms. The minimum absolute atomic E-state index is 0.777. The first-order valence-electron chi connectivity index (χ1n) is 7.05. The molecule has 2 aromatic carbocycles. The molecule has 0 bridgehead atoms. The zero-order chi connectivity index (χ0) is 15.1. The van der Waals surface area contributed by atoms with Crippen LogP contribution in [0.4, 0.5) is 0 Å². The summed E-state index contributed by atoms with van der Waals surface area (Å²) in [5, 5.41) is 5.00. The van der Waals surface area contributed by atoms with Gasteiger partial charge in [-0.25, -0.2) is 0 Å². The summed E-state index contributed by atoms with van der Waals surface area (Å²) in [5.74, 6) is 0.930. The van der Waals surface area contributed by atoms with Gasteiger partial charge in [0.1, 0.15) is 0 Å². The summed E-state index contributed by atoms with van der Waals surface area (Å²) in [4.78, 5) is 1.28. The lowest BCUT2D eigenvalue weighted by Gasteiger charge is -2.11. The van der Waals surface area contributed by atoms with Crippen LogP contribution in [0.1, 0.15) is 24.5 Å². The molecule has 0 aliphatic carbocycles. The van der Waals surface area contributed by atoms with Crippen LogP contribution in [0.15, 0.2) is 47.4 Å². The van der Waals surface area contributed by atoms with E-state index in [9.17, 15) is 0 Å². The Morgan fingerprint density at radius 3 is 2.43 bits per heavy atom. The molecule has 0 fully saturated rings. The van der Waals surface area contributed by atoms with Gasteiger partial charge in [0.05, 0.1) is 0 Å². The van der Waals surface area contributed by atoms with Gasteiger partial charge in [-0.3, -0.25) is 0 Å². The zero-order valence-corrected chi connectivity index (χ0v) is 14.4. The minimum Gasteiger partial charge on any atom is -0.313 e. The van der Waals surface area contributed by atoms with Gasteiger partial charge >= 0.3 is 0 Å². The van der Waals surface area contributed by atoms with Crippen molar-refractivity contribution in [2.24, 2.45) is 0 Å². The molecular formula is C17H19Cl2NS. The molecule has 4 heteroatoms. The number of nitrogens with one attached hydrogen (secondary N) is 1. The van der Waals surface area contributed by atoms with Crippen LogP contribution in [0.25, 0.3) is 0 Å². The first kappa shape index (κ1) is 16.7. The SMILES string of the molecule is CCCNCc1cc(Cl)ccc1SCc1ccc(Cl)cc1. The van der Waals surface area contributed by atoms with Crippen molar-refractivity contribution in [2.75, 3.05) is 6.54 Å². The van der Waals surface area contributed by atoms with Crippen LogP contribution >= 0.6 is 35.0 Å². The van der Waals surface area contributed by atoms with Crippen molar-refractivity contribution < 1.29 is 0 Å². The summed E-state index contributed by atoms with van der Waals surface area (Å²) < 4.78 is 0. The lowest BCUT2D eigenvalue weighted by atomic mass is 10.2. The molecule has 0 saturated carbocycles. The quantitative estimate of drug-likeness (QED) is 0.506. The highest BCUT2D eigenvalue weighted by atomic mass is 35.5. The molecule has 0 aliphatic heterocycles. The molecule has 0 spiro atoms. The Hall–Kier alpha value is -0.670. The third kappa shape index (κ3) is 5.55. The van der Waals surface area contributed by atoms with Gasteiger partial charge in [-0.15, -0.1) is 11.8 Å². The fourth-order valence-corrected chi connectivity index (χ4v) is 3.28. The van der Waals surface area contributed by atoms with E-state index in [1.54, 1.807) is 0 Å². The van der Waals surface area contributed by atoms with E-state index >= 15 is 0 Å². The molecule has 0 aromatic heterocycles. The van der Waals surface area contributed by atoms with Crippen LogP contribution in [0, 0.1) is 0 Å². The van der Waals surface area contributed by atoms with Gasteiger partial charge in [-0.1, -0.05) is 42.3 Å². The molecule has 0 unspecified atom stereocenters. The molecule has 2 rings (SSSR count). The maximum Gasteiger partial charge on any atom is 0.0410 e. The van der Waals surface area contributed by atoms with Gasteiger partial charge in [0, 0.05) is 27.2 Å². The second-order valence-corrected chi connectivity index (χ2v) is 6.73. The van der Waals surface area contributed by atoms with Crippen molar-refractivity contribution in [3.8, 4) is 0 Å². The van der Waals surface area contributed by atoms with Crippen molar-refractivity contribution in [3.05, 3.63) is 63.6 Å². The van der Waals surface area contributed by atoms with E-state index < -0.39 is 0 Å². The molecule has 112 valence electrons. The first-order valence-corrected chi connectivity index (χ1v) is 8.79. The predicted molar refractivity (Wildman–Crippen MR) is 94.5 cm³/mol. The highest BCUT2D eigenvalue weighted by molar-refractivity contribution is 7.98. The summed E-state index contributed by atoms with van der Waals surface area (Å²) in [6, 6.07) is 14.1. The van der Waals surface area contributed by atoms with Crippen molar-refractivity contribution in [1.29, 1.82) is 0 Å². The van der Waals surface area contributed by atoms with Crippen LogP contribution in [-0.2, 0) is 12.3 Å². The normalized spacial score (nSPS) is 10.8. The fraction of sp³-hybridized carbons (Fsp3) is 0.294. The maximum atomic E-state index is 6.11. The second kappa shape index (κ2) is 8.70. The summed E-state index contributed by atoms with van der Waals surface area (Å²) in [7, 11) is 0. The summed E-state index contributed by atoms with van der Waals surface area (Å²) in [5.41, 5.74) is 2.53. The molecule has 0 heterocycles. The zero-order valence-electron chi connectivity index (χ0n) is 12.0. The number of hydrogen-bond acceptors (Lipinski definition) is 2. The Morgan fingerprint density at radius 1 is 1.00 bits per heavy atom. The van der Waals surface area contributed by atoms with Gasteiger partial charge in [0.2, 0.25) is 0 Å². The Kier molecular flexibility index (Phi) is 6.91. The summed E-state index contributed by atoms with van der Waals surface area (Å²) in [6.45, 7) is 4.05. The lowest BCUT2D eigenvalue weighted by molar-refractivity contribution is 0.669. The smallest absolute Gasteiger partial charge is 0.0410 e. The predicted octanol–water partition coefficient (Wildman–Crippen LogP) is 5.79. The average Bonchev–Trinajstić information content (AvgIpc) is 2.48. The van der Waals surface area contributed by atoms with Crippen LogP contribution < -0.4 is 5.32 Å². The Balaban J connectivity index is 2.02. The van der Waals surface area contributed by atoms with Gasteiger partial charge < -0.3 is 5.32 Å². The lowest BCUT2D eigenvalue weighted by Crippen LogP contribution is -2.14. The Morgan fingerprint density at radius 2 is 1.71 bits per heavy atom. The third-order valence-corrected chi connectivity index (χ3v) is 4.75. The molecule has 1 nitrogen and oxygen atoms in total. The van der Waals surface area contributed by atoms with Gasteiger partial charge in [-0.2, -0.15) is 0 Å². The number of rotatable bonds is 7. The Labute approximate surface area is 141 Å². The molecule has 0 atom stereocenters. The van der Waals surface area contributed by atoms with E-state index in [1.165, 1.54) is 16.0 Å². The maximum absolute atomic E-state index is 6.11. The topological polar surface area (TPSA) is 12.0 Å². The molecule has 0 radical (unpaired) electrons. The highest BCUT2D eigenvalue weighted by Gasteiger charge is 2.05. The summed E-state index contributed by atoms with van der Waals surface area (Å²) >= 11 is 13.9.